The first-order chi connectivity index (χ1) is 9.91. The number of likely N-dealkylation sites (tertiary alicyclic amines) is 1. The molecule has 21 heavy (non-hydrogen) atoms. The van der Waals surface area contributed by atoms with Crippen molar-refractivity contribution >= 4 is 29.2 Å². The third-order valence-corrected chi connectivity index (χ3v) is 3.76. The monoisotopic (exact) mass is 312 g/mol. The van der Waals surface area contributed by atoms with Gasteiger partial charge >= 0.3 is 5.97 Å². The number of hydrogen-bond donors (Lipinski definition) is 1. The highest BCUT2D eigenvalue weighted by atomic mass is 35.5. The van der Waals surface area contributed by atoms with Crippen molar-refractivity contribution in [1.82, 2.24) is 4.90 Å². The normalized spacial score (nSPS) is 18.3. The zero-order chi connectivity index (χ0) is 15.6. The van der Waals surface area contributed by atoms with E-state index in [9.17, 15) is 24.8 Å². The van der Waals surface area contributed by atoms with E-state index in [1.165, 1.54) is 17.0 Å². The highest BCUT2D eigenvalue weighted by molar-refractivity contribution is 6.34. The Labute approximate surface area is 125 Å². The lowest BCUT2D eigenvalue weighted by atomic mass is 10.0. The van der Waals surface area contributed by atoms with Gasteiger partial charge in [0.2, 0.25) is 0 Å². The number of nitro groups is 1. The molecule has 0 aromatic heterocycles. The molecular weight excluding hydrogens is 300 g/mol. The maximum Gasteiger partial charge on any atom is 0.326 e. The Kier molecular flexibility index (Phi) is 4.42. The van der Waals surface area contributed by atoms with Gasteiger partial charge in [0.15, 0.2) is 0 Å². The molecule has 1 heterocycles. The number of carbonyl (C=O) groups is 2. The van der Waals surface area contributed by atoms with E-state index < -0.39 is 22.8 Å². The molecule has 112 valence electrons. The Morgan fingerprint density at radius 3 is 2.67 bits per heavy atom. The van der Waals surface area contributed by atoms with Crippen LogP contribution in [0.5, 0.6) is 0 Å². The molecule has 1 amide bonds. The number of piperidine rings is 1. The minimum Gasteiger partial charge on any atom is -0.480 e. The molecule has 1 fully saturated rings. The van der Waals surface area contributed by atoms with Gasteiger partial charge in [-0.05, 0) is 25.3 Å². The summed E-state index contributed by atoms with van der Waals surface area (Å²) < 4.78 is 0. The van der Waals surface area contributed by atoms with E-state index in [-0.39, 0.29) is 16.3 Å². The van der Waals surface area contributed by atoms with Gasteiger partial charge in [0, 0.05) is 18.7 Å². The van der Waals surface area contributed by atoms with Crippen molar-refractivity contribution in [2.75, 3.05) is 6.54 Å². The number of rotatable bonds is 3. The molecule has 1 atom stereocenters. The summed E-state index contributed by atoms with van der Waals surface area (Å²) in [7, 11) is 0. The average Bonchev–Trinajstić information content (AvgIpc) is 2.46. The third kappa shape index (κ3) is 3.13. The van der Waals surface area contributed by atoms with Crippen LogP contribution >= 0.6 is 11.6 Å². The smallest absolute Gasteiger partial charge is 0.326 e. The number of nitrogens with zero attached hydrogens (tertiary/aromatic N) is 2. The predicted octanol–water partition coefficient (Wildman–Crippen LogP) is 2.33. The van der Waals surface area contributed by atoms with E-state index in [0.29, 0.717) is 13.0 Å². The SMILES string of the molecule is O=C(O)[C@H]1CCCCN1C(=O)c1ccc([N+](=O)[O-])cc1Cl. The molecule has 1 aliphatic rings. The van der Waals surface area contributed by atoms with Gasteiger partial charge in [0.1, 0.15) is 6.04 Å². The molecule has 0 radical (unpaired) electrons. The Balaban J connectivity index is 2.30. The summed E-state index contributed by atoms with van der Waals surface area (Å²) in [6.45, 7) is 0.336. The van der Waals surface area contributed by atoms with E-state index in [0.717, 1.165) is 18.9 Å². The number of halogens is 1. The van der Waals surface area contributed by atoms with Crippen molar-refractivity contribution < 1.29 is 19.6 Å². The first-order valence-electron chi connectivity index (χ1n) is 6.39. The summed E-state index contributed by atoms with van der Waals surface area (Å²) >= 11 is 5.92. The molecule has 0 unspecified atom stereocenters. The molecule has 0 aliphatic carbocycles. The third-order valence-electron chi connectivity index (χ3n) is 3.44. The van der Waals surface area contributed by atoms with Crippen molar-refractivity contribution in [3.63, 3.8) is 0 Å². The van der Waals surface area contributed by atoms with Crippen molar-refractivity contribution in [2.45, 2.75) is 25.3 Å². The molecule has 0 saturated carbocycles. The fraction of sp³-hybridized carbons (Fsp3) is 0.385. The summed E-state index contributed by atoms with van der Waals surface area (Å²) in [6.07, 6.45) is 1.86. The second-order valence-corrected chi connectivity index (χ2v) is 5.18. The molecule has 1 N–H and O–H groups in total. The number of non-ortho nitro benzene ring substituents is 1. The lowest BCUT2D eigenvalue weighted by molar-refractivity contribution is -0.384. The molecule has 8 heteroatoms. The first kappa shape index (κ1) is 15.2. The molecule has 1 aliphatic heterocycles. The number of carbonyl (C=O) groups excluding carboxylic acids is 1. The second-order valence-electron chi connectivity index (χ2n) is 4.77. The van der Waals surface area contributed by atoms with E-state index >= 15 is 0 Å². The summed E-state index contributed by atoms with van der Waals surface area (Å²) in [5, 5.41) is 19.8. The van der Waals surface area contributed by atoms with Gasteiger partial charge in [0.05, 0.1) is 15.5 Å². The van der Waals surface area contributed by atoms with E-state index in [1.54, 1.807) is 0 Å². The zero-order valence-corrected chi connectivity index (χ0v) is 11.7. The summed E-state index contributed by atoms with van der Waals surface area (Å²) in [5.74, 6) is -1.57. The molecule has 7 nitrogen and oxygen atoms in total. The standard InChI is InChI=1S/C13H13ClN2O5/c14-10-7-8(16(20)21)4-5-9(10)12(17)15-6-2-1-3-11(15)13(18)19/h4-5,7,11H,1-3,6H2,(H,18,19)/t11-/m1/s1. The number of hydrogen-bond acceptors (Lipinski definition) is 4. The van der Waals surface area contributed by atoms with Crippen molar-refractivity contribution in [1.29, 1.82) is 0 Å². The van der Waals surface area contributed by atoms with Crippen LogP contribution in [0.1, 0.15) is 29.6 Å². The fourth-order valence-corrected chi connectivity index (χ4v) is 2.63. The van der Waals surface area contributed by atoms with Gasteiger partial charge in [-0.1, -0.05) is 11.6 Å². The number of aliphatic carboxylic acids is 1. The Hall–Kier alpha value is -2.15. The maximum atomic E-state index is 12.4. The Morgan fingerprint density at radius 1 is 1.38 bits per heavy atom. The Bertz CT molecular complexity index is 604. The van der Waals surface area contributed by atoms with Gasteiger partial charge in [0.25, 0.3) is 11.6 Å². The highest BCUT2D eigenvalue weighted by Crippen LogP contribution is 2.26. The number of amides is 1. The molecule has 1 aromatic rings. The maximum absolute atomic E-state index is 12.4. The molecular formula is C13H13ClN2O5. The molecule has 1 saturated heterocycles. The van der Waals surface area contributed by atoms with Gasteiger partial charge in [-0.2, -0.15) is 0 Å². The van der Waals surface area contributed by atoms with Crippen LogP contribution in [0, 0.1) is 10.1 Å². The van der Waals surface area contributed by atoms with Crippen LogP contribution in [-0.2, 0) is 4.79 Å². The van der Waals surface area contributed by atoms with Crippen LogP contribution in [0.25, 0.3) is 0 Å². The van der Waals surface area contributed by atoms with Crippen LogP contribution in [0.15, 0.2) is 18.2 Å². The number of benzene rings is 1. The van der Waals surface area contributed by atoms with Crippen LogP contribution in [0.2, 0.25) is 5.02 Å². The van der Waals surface area contributed by atoms with E-state index in [1.807, 2.05) is 0 Å². The average molecular weight is 313 g/mol. The van der Waals surface area contributed by atoms with Crippen LogP contribution in [0.3, 0.4) is 0 Å². The highest BCUT2D eigenvalue weighted by Gasteiger charge is 2.33. The van der Waals surface area contributed by atoms with Crippen LogP contribution < -0.4 is 0 Å². The minimum atomic E-state index is -1.05. The fourth-order valence-electron chi connectivity index (χ4n) is 2.38. The number of carboxylic acid groups (broad SMARTS) is 1. The summed E-state index contributed by atoms with van der Waals surface area (Å²) in [5.41, 5.74) is -0.139. The lowest BCUT2D eigenvalue weighted by Crippen LogP contribution is -2.48. The van der Waals surface area contributed by atoms with Crippen molar-refractivity contribution in [3.05, 3.63) is 38.9 Å². The largest absolute Gasteiger partial charge is 0.480 e. The topological polar surface area (TPSA) is 101 Å². The predicted molar refractivity (Wildman–Crippen MR) is 74.4 cm³/mol. The Morgan fingerprint density at radius 2 is 2.10 bits per heavy atom. The van der Waals surface area contributed by atoms with Gasteiger partial charge in [-0.3, -0.25) is 14.9 Å². The van der Waals surface area contributed by atoms with Crippen LogP contribution in [0.4, 0.5) is 5.69 Å². The van der Waals surface area contributed by atoms with Crippen molar-refractivity contribution in [2.24, 2.45) is 0 Å². The van der Waals surface area contributed by atoms with Gasteiger partial charge < -0.3 is 10.0 Å². The molecule has 2 rings (SSSR count). The van der Waals surface area contributed by atoms with E-state index in [2.05, 4.69) is 0 Å². The van der Waals surface area contributed by atoms with Crippen LogP contribution in [-0.4, -0.2) is 39.4 Å². The second kappa shape index (κ2) is 6.09. The quantitative estimate of drug-likeness (QED) is 0.682. The van der Waals surface area contributed by atoms with E-state index in [4.69, 9.17) is 11.6 Å². The number of carboxylic acids is 1. The van der Waals surface area contributed by atoms with Gasteiger partial charge in [-0.25, -0.2) is 4.79 Å². The first-order valence-corrected chi connectivity index (χ1v) is 6.77. The summed E-state index contributed by atoms with van der Waals surface area (Å²) in [4.78, 5) is 34.9. The zero-order valence-electron chi connectivity index (χ0n) is 11.0. The summed E-state index contributed by atoms with van der Waals surface area (Å²) in [6, 6.07) is 2.65. The molecule has 0 spiro atoms. The minimum absolute atomic E-state index is 0.0519. The molecule has 1 aromatic carbocycles. The lowest BCUT2D eigenvalue weighted by Gasteiger charge is -2.33. The van der Waals surface area contributed by atoms with Gasteiger partial charge in [-0.15, -0.1) is 0 Å². The van der Waals surface area contributed by atoms with Crippen molar-refractivity contribution in [3.8, 4) is 0 Å². The molecule has 0 bridgehead atoms. The number of nitro benzene ring substituents is 1.